The Balaban J connectivity index is 1.56. The number of nitriles is 1. The normalized spacial score (nSPS) is 12.9. The third-order valence-corrected chi connectivity index (χ3v) is 3.98. The molecule has 1 aliphatic heterocycles. The summed E-state index contributed by atoms with van der Waals surface area (Å²) in [6, 6.07) is 8.61. The molecule has 8 nitrogen and oxygen atoms in total. The molecule has 3 rings (SSSR count). The number of aryl methyl sites for hydroxylation is 1. The Morgan fingerprint density at radius 3 is 2.48 bits per heavy atom. The van der Waals surface area contributed by atoms with Crippen LogP contribution in [0.5, 0.6) is 0 Å². The number of imide groups is 1. The van der Waals surface area contributed by atoms with E-state index in [0.717, 1.165) is 4.90 Å². The first kappa shape index (κ1) is 16.4. The molecule has 1 N–H and O–H groups in total. The van der Waals surface area contributed by atoms with Crippen LogP contribution in [-0.4, -0.2) is 38.9 Å². The highest BCUT2D eigenvalue weighted by Crippen LogP contribution is 2.22. The summed E-state index contributed by atoms with van der Waals surface area (Å²) in [6.07, 6.45) is 1.81. The van der Waals surface area contributed by atoms with Crippen LogP contribution >= 0.6 is 0 Å². The molecule has 0 unspecified atom stereocenters. The van der Waals surface area contributed by atoms with Crippen molar-refractivity contribution in [2.75, 3.05) is 11.9 Å². The van der Waals surface area contributed by atoms with E-state index in [1.807, 2.05) is 6.07 Å². The molecule has 8 heteroatoms. The fraction of sp³-hybridized carbons (Fsp3) is 0.235. The third kappa shape index (κ3) is 2.99. The van der Waals surface area contributed by atoms with Gasteiger partial charge in [-0.05, 0) is 18.6 Å². The van der Waals surface area contributed by atoms with E-state index in [4.69, 9.17) is 5.26 Å². The predicted molar refractivity (Wildman–Crippen MR) is 87.6 cm³/mol. The monoisotopic (exact) mass is 337 g/mol. The molecule has 0 aliphatic carbocycles. The number of aromatic nitrogens is 2. The van der Waals surface area contributed by atoms with Crippen LogP contribution in [-0.2, 0) is 11.8 Å². The Kier molecular flexibility index (Phi) is 4.31. The predicted octanol–water partition coefficient (Wildman–Crippen LogP) is 1.31. The Morgan fingerprint density at radius 2 is 1.88 bits per heavy atom. The zero-order valence-corrected chi connectivity index (χ0v) is 13.5. The topological polar surface area (TPSA) is 108 Å². The van der Waals surface area contributed by atoms with Gasteiger partial charge in [-0.2, -0.15) is 10.4 Å². The molecule has 126 valence electrons. The molecule has 0 bridgehead atoms. The summed E-state index contributed by atoms with van der Waals surface area (Å²) >= 11 is 0. The molecule has 0 fully saturated rings. The Morgan fingerprint density at radius 1 is 1.24 bits per heavy atom. The van der Waals surface area contributed by atoms with E-state index in [-0.39, 0.29) is 36.3 Å². The van der Waals surface area contributed by atoms with E-state index >= 15 is 0 Å². The number of fused-ring (bicyclic) bond motifs is 1. The van der Waals surface area contributed by atoms with Gasteiger partial charge in [-0.3, -0.25) is 24.0 Å². The molecule has 0 radical (unpaired) electrons. The largest absolute Gasteiger partial charge is 0.310 e. The minimum Gasteiger partial charge on any atom is -0.310 e. The van der Waals surface area contributed by atoms with Crippen molar-refractivity contribution >= 4 is 23.5 Å². The summed E-state index contributed by atoms with van der Waals surface area (Å²) in [6.45, 7) is 0.163. The second kappa shape index (κ2) is 6.57. The molecule has 0 saturated heterocycles. The van der Waals surface area contributed by atoms with Crippen molar-refractivity contribution < 1.29 is 14.4 Å². The highest BCUT2D eigenvalue weighted by atomic mass is 16.2. The smallest absolute Gasteiger partial charge is 0.261 e. The Bertz CT molecular complexity index is 874. The van der Waals surface area contributed by atoms with Crippen molar-refractivity contribution in [2.24, 2.45) is 7.05 Å². The molecule has 0 spiro atoms. The third-order valence-electron chi connectivity index (χ3n) is 3.98. The lowest BCUT2D eigenvalue weighted by Gasteiger charge is -2.13. The van der Waals surface area contributed by atoms with Gasteiger partial charge in [0.1, 0.15) is 17.5 Å². The second-order valence-electron chi connectivity index (χ2n) is 5.60. The number of carbonyl (C=O) groups is 3. The van der Waals surface area contributed by atoms with Crippen molar-refractivity contribution in [3.8, 4) is 6.07 Å². The minimum atomic E-state index is -0.334. The van der Waals surface area contributed by atoms with E-state index in [1.165, 1.54) is 10.9 Å². The summed E-state index contributed by atoms with van der Waals surface area (Å²) in [5.41, 5.74) is 1.06. The highest BCUT2D eigenvalue weighted by molar-refractivity contribution is 6.21. The lowest BCUT2D eigenvalue weighted by atomic mass is 10.1. The number of hydrogen-bond acceptors (Lipinski definition) is 5. The van der Waals surface area contributed by atoms with Crippen molar-refractivity contribution in [1.29, 1.82) is 5.26 Å². The molecule has 1 aromatic heterocycles. The zero-order chi connectivity index (χ0) is 18.0. The van der Waals surface area contributed by atoms with Crippen molar-refractivity contribution in [2.45, 2.75) is 12.8 Å². The van der Waals surface area contributed by atoms with Gasteiger partial charge >= 0.3 is 0 Å². The van der Waals surface area contributed by atoms with Gasteiger partial charge in [0.2, 0.25) is 5.91 Å². The average molecular weight is 337 g/mol. The molecule has 2 heterocycles. The number of anilines is 1. The van der Waals surface area contributed by atoms with Gasteiger partial charge in [0.05, 0.1) is 17.3 Å². The number of rotatable bonds is 5. The Labute approximate surface area is 143 Å². The van der Waals surface area contributed by atoms with Crippen LogP contribution in [0.2, 0.25) is 0 Å². The van der Waals surface area contributed by atoms with Gasteiger partial charge in [-0.25, -0.2) is 0 Å². The number of nitrogens with one attached hydrogen (secondary N) is 1. The number of carbonyl (C=O) groups excluding carboxylic acids is 3. The lowest BCUT2D eigenvalue weighted by Crippen LogP contribution is -2.31. The second-order valence-corrected chi connectivity index (χ2v) is 5.60. The maximum absolute atomic E-state index is 12.2. The summed E-state index contributed by atoms with van der Waals surface area (Å²) in [5.74, 6) is -0.649. The Hall–Kier alpha value is -3.47. The van der Waals surface area contributed by atoms with Crippen LogP contribution < -0.4 is 5.32 Å². The van der Waals surface area contributed by atoms with Crippen molar-refractivity contribution in [3.63, 3.8) is 0 Å². The van der Waals surface area contributed by atoms with Crippen molar-refractivity contribution in [3.05, 3.63) is 47.2 Å². The molecule has 0 saturated carbocycles. The van der Waals surface area contributed by atoms with Gasteiger partial charge in [-0.15, -0.1) is 0 Å². The average Bonchev–Trinajstić information content (AvgIpc) is 3.08. The first-order chi connectivity index (χ1) is 12.0. The number of nitrogens with zero attached hydrogens (tertiary/aromatic N) is 4. The molecule has 3 amide bonds. The van der Waals surface area contributed by atoms with Gasteiger partial charge in [-0.1, -0.05) is 12.1 Å². The van der Waals surface area contributed by atoms with Gasteiger partial charge in [0.25, 0.3) is 11.8 Å². The summed E-state index contributed by atoms with van der Waals surface area (Å²) in [5, 5.41) is 15.5. The van der Waals surface area contributed by atoms with Crippen LogP contribution in [0, 0.1) is 11.3 Å². The summed E-state index contributed by atoms with van der Waals surface area (Å²) < 4.78 is 1.40. The molecular weight excluding hydrogens is 322 g/mol. The molecule has 0 atom stereocenters. The van der Waals surface area contributed by atoms with Crippen LogP contribution in [0.3, 0.4) is 0 Å². The first-order valence-electron chi connectivity index (χ1n) is 7.70. The quantitative estimate of drug-likeness (QED) is 0.828. The van der Waals surface area contributed by atoms with E-state index in [1.54, 1.807) is 31.3 Å². The SMILES string of the molecule is Cn1ncc(C#N)c1NC(=O)CCCN1C(=O)c2ccccc2C1=O. The van der Waals surface area contributed by atoms with Gasteiger partial charge in [0, 0.05) is 20.0 Å². The fourth-order valence-corrected chi connectivity index (χ4v) is 2.70. The molecule has 25 heavy (non-hydrogen) atoms. The van der Waals surface area contributed by atoms with Crippen LogP contribution in [0.1, 0.15) is 39.1 Å². The summed E-state index contributed by atoms with van der Waals surface area (Å²) in [7, 11) is 1.62. The van der Waals surface area contributed by atoms with Gasteiger partial charge in [0.15, 0.2) is 0 Å². The highest BCUT2D eigenvalue weighted by Gasteiger charge is 2.34. The standard InChI is InChI=1S/C17H15N5O3/c1-21-15(11(9-18)10-19-21)20-14(23)7-4-8-22-16(24)12-5-2-3-6-13(12)17(22)25/h2-3,5-6,10H,4,7-8H2,1H3,(H,20,23). The lowest BCUT2D eigenvalue weighted by molar-refractivity contribution is -0.116. The maximum Gasteiger partial charge on any atom is 0.261 e. The fourth-order valence-electron chi connectivity index (χ4n) is 2.70. The van der Waals surface area contributed by atoms with E-state index in [0.29, 0.717) is 23.4 Å². The first-order valence-corrected chi connectivity index (χ1v) is 7.70. The van der Waals surface area contributed by atoms with Crippen LogP contribution in [0.25, 0.3) is 0 Å². The number of amides is 3. The van der Waals surface area contributed by atoms with E-state index in [2.05, 4.69) is 10.4 Å². The minimum absolute atomic E-state index is 0.115. The zero-order valence-electron chi connectivity index (χ0n) is 13.5. The molecule has 1 aromatic carbocycles. The van der Waals surface area contributed by atoms with Gasteiger partial charge < -0.3 is 5.32 Å². The van der Waals surface area contributed by atoms with E-state index in [9.17, 15) is 14.4 Å². The maximum atomic E-state index is 12.2. The molecule has 2 aromatic rings. The summed E-state index contributed by atoms with van der Waals surface area (Å²) in [4.78, 5) is 37.6. The van der Waals surface area contributed by atoms with Crippen LogP contribution in [0.15, 0.2) is 30.5 Å². The number of benzene rings is 1. The molecule has 1 aliphatic rings. The van der Waals surface area contributed by atoms with Crippen molar-refractivity contribution in [1.82, 2.24) is 14.7 Å². The number of hydrogen-bond donors (Lipinski definition) is 1. The van der Waals surface area contributed by atoms with Crippen LogP contribution in [0.4, 0.5) is 5.82 Å². The molecular formula is C17H15N5O3. The van der Waals surface area contributed by atoms with E-state index < -0.39 is 0 Å².